The number of hydrogen-bond acceptors (Lipinski definition) is 6. The number of nitrogens with one attached hydrogen (secondary N) is 2. The molecule has 9 heteroatoms. The Morgan fingerprint density at radius 2 is 1.88 bits per heavy atom. The van der Waals surface area contributed by atoms with Gasteiger partial charge in [0.1, 0.15) is 6.54 Å². The minimum absolute atomic E-state index is 0.0413. The largest absolute Gasteiger partial charge is 0.356 e. The van der Waals surface area contributed by atoms with Crippen LogP contribution in [0, 0.1) is 0 Å². The van der Waals surface area contributed by atoms with Crippen LogP contribution < -0.4 is 16.2 Å². The maximum atomic E-state index is 12.5. The van der Waals surface area contributed by atoms with E-state index < -0.39 is 0 Å². The number of hydrogen-bond donors (Lipinski definition) is 2. The van der Waals surface area contributed by atoms with E-state index in [1.165, 1.54) is 29.2 Å². The predicted octanol–water partition coefficient (Wildman–Crippen LogP) is 2.84. The zero-order valence-electron chi connectivity index (χ0n) is 17.4. The molecule has 4 aromatic rings. The Bertz CT molecular complexity index is 1330. The third kappa shape index (κ3) is 5.06. The quantitative estimate of drug-likeness (QED) is 0.453. The summed E-state index contributed by atoms with van der Waals surface area (Å²) >= 11 is 1.32. The molecule has 0 aliphatic rings. The van der Waals surface area contributed by atoms with E-state index in [0.29, 0.717) is 22.6 Å². The number of para-hydroxylation sites is 1. The molecular weight excluding hydrogens is 426 g/mol. The number of amides is 2. The molecule has 0 aliphatic heterocycles. The molecule has 0 bridgehead atoms. The topological polar surface area (TPSA) is 106 Å². The molecule has 4 rings (SSSR count). The number of aromatic nitrogens is 3. The summed E-state index contributed by atoms with van der Waals surface area (Å²) in [6.45, 7) is 1.95. The number of nitrogens with zero attached hydrogens (tertiary/aromatic N) is 3. The molecule has 2 amide bonds. The van der Waals surface area contributed by atoms with Crippen LogP contribution >= 0.6 is 11.3 Å². The van der Waals surface area contributed by atoms with Gasteiger partial charge in [0.25, 0.3) is 5.56 Å². The Balaban J connectivity index is 1.39. The van der Waals surface area contributed by atoms with Gasteiger partial charge in [0.15, 0.2) is 5.13 Å². The number of anilines is 1. The number of carbonyl (C=O) groups excluding carboxylic acids is 2. The van der Waals surface area contributed by atoms with Crippen molar-refractivity contribution in [2.75, 3.05) is 11.9 Å². The van der Waals surface area contributed by atoms with Gasteiger partial charge in [-0.25, -0.2) is 9.97 Å². The normalized spacial score (nSPS) is 10.8. The molecule has 2 aromatic heterocycles. The summed E-state index contributed by atoms with van der Waals surface area (Å²) in [5.74, 6) is -0.390. The summed E-state index contributed by atoms with van der Waals surface area (Å²) in [4.78, 5) is 44.6. The molecule has 0 saturated heterocycles. The van der Waals surface area contributed by atoms with Gasteiger partial charge >= 0.3 is 0 Å². The molecule has 0 atom stereocenters. The van der Waals surface area contributed by atoms with Gasteiger partial charge in [0, 0.05) is 24.4 Å². The van der Waals surface area contributed by atoms with Gasteiger partial charge in [-0.3, -0.25) is 19.0 Å². The summed E-state index contributed by atoms with van der Waals surface area (Å²) in [7, 11) is 0. The molecule has 0 unspecified atom stereocenters. The van der Waals surface area contributed by atoms with Crippen molar-refractivity contribution in [3.05, 3.63) is 76.2 Å². The van der Waals surface area contributed by atoms with E-state index in [2.05, 4.69) is 20.6 Å². The van der Waals surface area contributed by atoms with Crippen molar-refractivity contribution in [3.63, 3.8) is 0 Å². The molecule has 162 valence electrons. The van der Waals surface area contributed by atoms with Gasteiger partial charge in [-0.15, -0.1) is 11.3 Å². The Hall–Kier alpha value is -3.85. The monoisotopic (exact) mass is 447 g/mol. The summed E-state index contributed by atoms with van der Waals surface area (Å²) < 4.78 is 1.28. The Morgan fingerprint density at radius 3 is 2.66 bits per heavy atom. The summed E-state index contributed by atoms with van der Waals surface area (Å²) in [6.07, 6.45) is 2.13. The van der Waals surface area contributed by atoms with Crippen molar-refractivity contribution in [1.29, 1.82) is 0 Å². The number of carbonyl (C=O) groups is 2. The highest BCUT2D eigenvalue weighted by molar-refractivity contribution is 7.14. The fourth-order valence-corrected chi connectivity index (χ4v) is 3.96. The molecule has 32 heavy (non-hydrogen) atoms. The van der Waals surface area contributed by atoms with Gasteiger partial charge in [0.05, 0.1) is 22.9 Å². The smallest absolute Gasteiger partial charge is 0.261 e. The van der Waals surface area contributed by atoms with Crippen molar-refractivity contribution in [3.8, 4) is 11.3 Å². The summed E-state index contributed by atoms with van der Waals surface area (Å²) in [5, 5.41) is 8.32. The Kier molecular flexibility index (Phi) is 6.37. The molecular formula is C23H21N5O3S. The van der Waals surface area contributed by atoms with E-state index in [4.69, 9.17) is 0 Å². The highest BCUT2D eigenvalue weighted by Crippen LogP contribution is 2.25. The molecule has 2 heterocycles. The Morgan fingerprint density at radius 1 is 1.09 bits per heavy atom. The number of benzene rings is 2. The molecule has 0 aliphatic carbocycles. The second kappa shape index (κ2) is 9.52. The maximum absolute atomic E-state index is 12.5. The van der Waals surface area contributed by atoms with Gasteiger partial charge in [0.2, 0.25) is 11.8 Å². The van der Waals surface area contributed by atoms with Crippen LogP contribution in [-0.4, -0.2) is 32.9 Å². The highest BCUT2D eigenvalue weighted by Gasteiger charge is 2.11. The lowest BCUT2D eigenvalue weighted by atomic mass is 10.1. The molecule has 0 saturated carbocycles. The van der Waals surface area contributed by atoms with Crippen molar-refractivity contribution in [1.82, 2.24) is 19.9 Å². The fourth-order valence-electron chi connectivity index (χ4n) is 3.22. The average Bonchev–Trinajstić information content (AvgIpc) is 3.24. The van der Waals surface area contributed by atoms with Gasteiger partial charge < -0.3 is 10.6 Å². The first-order valence-corrected chi connectivity index (χ1v) is 10.9. The minimum Gasteiger partial charge on any atom is -0.356 e. The molecule has 2 aromatic carbocycles. The standard InChI is InChI=1S/C23H21N5O3S/c1-15(29)24-11-10-16-6-8-17(9-7-16)20-13-32-23(26-20)27-21(30)12-28-14-25-19-5-3-2-4-18(19)22(28)31/h2-9,13-14H,10-12H2,1H3,(H,24,29)(H,26,27,30). The number of thiazole rings is 1. The van der Waals surface area contributed by atoms with E-state index in [1.807, 2.05) is 35.7 Å². The van der Waals surface area contributed by atoms with E-state index >= 15 is 0 Å². The third-order valence-electron chi connectivity index (χ3n) is 4.83. The summed E-state index contributed by atoms with van der Waals surface area (Å²) in [6, 6.07) is 14.9. The highest BCUT2D eigenvalue weighted by atomic mass is 32.1. The van der Waals surface area contributed by atoms with Crippen molar-refractivity contribution < 1.29 is 9.59 Å². The first-order valence-electron chi connectivity index (χ1n) is 10.0. The Labute approximate surface area is 188 Å². The third-order valence-corrected chi connectivity index (χ3v) is 5.59. The maximum Gasteiger partial charge on any atom is 0.261 e. The van der Waals surface area contributed by atoms with Crippen LogP contribution in [0.1, 0.15) is 12.5 Å². The molecule has 0 fully saturated rings. The van der Waals surface area contributed by atoms with Crippen LogP contribution in [0.3, 0.4) is 0 Å². The zero-order valence-corrected chi connectivity index (χ0v) is 18.2. The fraction of sp³-hybridized carbons (Fsp3) is 0.174. The predicted molar refractivity (Wildman–Crippen MR) is 125 cm³/mol. The van der Waals surface area contributed by atoms with Crippen molar-refractivity contribution >= 4 is 39.2 Å². The van der Waals surface area contributed by atoms with Crippen LogP contribution in [0.15, 0.2) is 65.0 Å². The lowest BCUT2D eigenvalue weighted by Crippen LogP contribution is -2.27. The van der Waals surface area contributed by atoms with Crippen LogP contribution in [0.5, 0.6) is 0 Å². The lowest BCUT2D eigenvalue weighted by molar-refractivity contribution is -0.119. The second-order valence-corrected chi connectivity index (χ2v) is 8.07. The zero-order chi connectivity index (χ0) is 22.5. The molecule has 0 radical (unpaired) electrons. The van der Waals surface area contributed by atoms with Crippen LogP contribution in [0.25, 0.3) is 22.2 Å². The minimum atomic E-state index is -0.349. The van der Waals surface area contributed by atoms with E-state index in [9.17, 15) is 14.4 Å². The van der Waals surface area contributed by atoms with E-state index in [1.54, 1.807) is 18.2 Å². The number of fused-ring (bicyclic) bond motifs is 1. The average molecular weight is 448 g/mol. The lowest BCUT2D eigenvalue weighted by Gasteiger charge is -2.06. The first kappa shape index (κ1) is 21.4. The van der Waals surface area contributed by atoms with Crippen LogP contribution in [0.4, 0.5) is 5.13 Å². The van der Waals surface area contributed by atoms with Crippen molar-refractivity contribution in [2.45, 2.75) is 19.9 Å². The first-order chi connectivity index (χ1) is 15.5. The van der Waals surface area contributed by atoms with Crippen LogP contribution in [-0.2, 0) is 22.6 Å². The van der Waals surface area contributed by atoms with E-state index in [-0.39, 0.29) is 23.9 Å². The summed E-state index contributed by atoms with van der Waals surface area (Å²) in [5.41, 5.74) is 3.13. The molecule has 8 nitrogen and oxygen atoms in total. The van der Waals surface area contributed by atoms with Gasteiger partial charge in [-0.05, 0) is 24.1 Å². The molecule has 0 spiro atoms. The van der Waals surface area contributed by atoms with Gasteiger partial charge in [-0.2, -0.15) is 0 Å². The molecule has 2 N–H and O–H groups in total. The van der Waals surface area contributed by atoms with Crippen LogP contribution in [0.2, 0.25) is 0 Å². The number of rotatable bonds is 7. The van der Waals surface area contributed by atoms with Crippen molar-refractivity contribution in [2.24, 2.45) is 0 Å². The van der Waals surface area contributed by atoms with Gasteiger partial charge in [-0.1, -0.05) is 36.4 Å². The SMILES string of the molecule is CC(=O)NCCc1ccc(-c2csc(NC(=O)Cn3cnc4ccccc4c3=O)n2)cc1. The van der Waals surface area contributed by atoms with E-state index in [0.717, 1.165) is 23.2 Å². The second-order valence-electron chi connectivity index (χ2n) is 7.21.